The molecule has 1 aromatic heterocycles. The molecule has 1 aromatic rings. The number of nitrogens with zero attached hydrogens (tertiary/aromatic N) is 2. The summed E-state index contributed by atoms with van der Waals surface area (Å²) in [6, 6.07) is 1.76. The van der Waals surface area contributed by atoms with E-state index in [0.717, 1.165) is 30.4 Å². The Kier molecular flexibility index (Phi) is 3.36. The number of hydrogen-bond acceptors (Lipinski definition) is 2. The van der Waals surface area contributed by atoms with Crippen LogP contribution in [0, 0.1) is 0 Å². The summed E-state index contributed by atoms with van der Waals surface area (Å²) in [4.78, 5) is 18.0. The first-order valence-corrected chi connectivity index (χ1v) is 5.97. The summed E-state index contributed by atoms with van der Waals surface area (Å²) in [7, 11) is 0. The summed E-state index contributed by atoms with van der Waals surface area (Å²) in [5, 5.41) is 0. The predicted molar refractivity (Wildman–Crippen MR) is 61.7 cm³/mol. The van der Waals surface area contributed by atoms with Gasteiger partial charge in [0.05, 0.1) is 5.56 Å². The van der Waals surface area contributed by atoms with Gasteiger partial charge in [0.15, 0.2) is 0 Å². The lowest BCUT2D eigenvalue weighted by molar-refractivity contribution is 0.0723. The molecular formula is C11H13BrN2O. The maximum absolute atomic E-state index is 12.1. The lowest BCUT2D eigenvalue weighted by atomic mass is 10.1. The highest BCUT2D eigenvalue weighted by Crippen LogP contribution is 2.19. The van der Waals surface area contributed by atoms with Crippen molar-refractivity contribution in [1.82, 2.24) is 9.88 Å². The second-order valence-electron chi connectivity index (χ2n) is 3.71. The number of hydrogen-bond donors (Lipinski definition) is 0. The van der Waals surface area contributed by atoms with E-state index in [9.17, 15) is 4.79 Å². The van der Waals surface area contributed by atoms with Crippen LogP contribution in [0.4, 0.5) is 0 Å². The van der Waals surface area contributed by atoms with Crippen molar-refractivity contribution >= 4 is 21.8 Å². The van der Waals surface area contributed by atoms with Crippen molar-refractivity contribution < 1.29 is 4.79 Å². The Balaban J connectivity index is 2.16. The molecule has 0 N–H and O–H groups in total. The van der Waals surface area contributed by atoms with Crippen molar-refractivity contribution in [1.29, 1.82) is 0 Å². The fraction of sp³-hybridized carbons (Fsp3) is 0.455. The molecule has 0 bridgehead atoms. The molecule has 0 aliphatic carbocycles. The number of carbonyl (C=O) groups excluding carboxylic acids is 1. The summed E-state index contributed by atoms with van der Waals surface area (Å²) in [6.45, 7) is 1.77. The summed E-state index contributed by atoms with van der Waals surface area (Å²) in [5.41, 5.74) is 0.715. The molecule has 1 fully saturated rings. The third-order valence-electron chi connectivity index (χ3n) is 2.65. The molecule has 0 atom stereocenters. The molecule has 15 heavy (non-hydrogen) atoms. The second-order valence-corrected chi connectivity index (χ2v) is 4.56. The number of pyridine rings is 1. The van der Waals surface area contributed by atoms with E-state index in [1.807, 2.05) is 4.90 Å². The highest BCUT2D eigenvalue weighted by Gasteiger charge is 2.19. The molecule has 1 amide bonds. The number of rotatable bonds is 1. The lowest BCUT2D eigenvalue weighted by Crippen LogP contribution is -2.35. The minimum absolute atomic E-state index is 0.115. The minimum Gasteiger partial charge on any atom is -0.339 e. The quantitative estimate of drug-likeness (QED) is 0.784. The Labute approximate surface area is 97.6 Å². The van der Waals surface area contributed by atoms with Crippen LogP contribution in [0.5, 0.6) is 0 Å². The minimum atomic E-state index is 0.115. The molecule has 0 radical (unpaired) electrons. The van der Waals surface area contributed by atoms with E-state index in [-0.39, 0.29) is 5.91 Å². The van der Waals surface area contributed by atoms with E-state index in [2.05, 4.69) is 20.9 Å². The van der Waals surface area contributed by atoms with Crippen molar-refractivity contribution in [3.05, 3.63) is 28.5 Å². The first-order valence-electron chi connectivity index (χ1n) is 5.18. The molecule has 0 spiro atoms. The third-order valence-corrected chi connectivity index (χ3v) is 3.28. The number of halogens is 1. The molecule has 0 aromatic carbocycles. The lowest BCUT2D eigenvalue weighted by Gasteiger charge is -2.26. The summed E-state index contributed by atoms with van der Waals surface area (Å²) >= 11 is 3.35. The van der Waals surface area contributed by atoms with Crippen molar-refractivity contribution in [3.63, 3.8) is 0 Å². The maximum atomic E-state index is 12.1. The van der Waals surface area contributed by atoms with E-state index in [4.69, 9.17) is 0 Å². The van der Waals surface area contributed by atoms with Gasteiger partial charge in [-0.3, -0.25) is 9.78 Å². The molecular weight excluding hydrogens is 256 g/mol. The van der Waals surface area contributed by atoms with E-state index in [1.165, 1.54) is 6.42 Å². The topological polar surface area (TPSA) is 33.2 Å². The van der Waals surface area contributed by atoms with Crippen molar-refractivity contribution in [2.45, 2.75) is 19.3 Å². The number of aromatic nitrogens is 1. The molecule has 1 aliphatic rings. The molecule has 2 rings (SSSR count). The smallest absolute Gasteiger partial charge is 0.255 e. The Morgan fingerprint density at radius 1 is 1.33 bits per heavy atom. The fourth-order valence-electron chi connectivity index (χ4n) is 1.82. The van der Waals surface area contributed by atoms with Crippen LogP contribution >= 0.6 is 15.9 Å². The summed E-state index contributed by atoms with van der Waals surface area (Å²) < 4.78 is 0.778. The van der Waals surface area contributed by atoms with Crippen LogP contribution in [0.15, 0.2) is 22.9 Å². The van der Waals surface area contributed by atoms with Gasteiger partial charge in [0, 0.05) is 30.0 Å². The average molecular weight is 269 g/mol. The number of piperidine rings is 1. The first kappa shape index (κ1) is 10.6. The molecule has 2 heterocycles. The first-order chi connectivity index (χ1) is 7.29. The Hall–Kier alpha value is -0.900. The van der Waals surface area contributed by atoms with Crippen LogP contribution in [-0.2, 0) is 0 Å². The molecule has 0 saturated carbocycles. The van der Waals surface area contributed by atoms with Gasteiger partial charge >= 0.3 is 0 Å². The zero-order valence-corrected chi connectivity index (χ0v) is 10.0. The van der Waals surface area contributed by atoms with Gasteiger partial charge in [-0.1, -0.05) is 0 Å². The van der Waals surface area contributed by atoms with Gasteiger partial charge in [-0.25, -0.2) is 0 Å². The standard InChI is InChI=1S/C11H13BrN2O/c12-10-8-13-5-4-9(10)11(15)14-6-2-1-3-7-14/h4-5,8H,1-3,6-7H2. The van der Waals surface area contributed by atoms with E-state index in [0.29, 0.717) is 5.56 Å². The van der Waals surface area contributed by atoms with Crippen LogP contribution in [-0.4, -0.2) is 28.9 Å². The predicted octanol–water partition coefficient (Wildman–Crippen LogP) is 2.47. The normalized spacial score (nSPS) is 16.5. The molecule has 3 nitrogen and oxygen atoms in total. The van der Waals surface area contributed by atoms with Crippen LogP contribution in [0.2, 0.25) is 0 Å². The second kappa shape index (κ2) is 4.75. The van der Waals surface area contributed by atoms with Gasteiger partial charge in [0.25, 0.3) is 5.91 Å². The Bertz CT molecular complexity index is 361. The van der Waals surface area contributed by atoms with Crippen molar-refractivity contribution in [3.8, 4) is 0 Å². The van der Waals surface area contributed by atoms with Gasteiger partial charge in [0.1, 0.15) is 0 Å². The fourth-order valence-corrected chi connectivity index (χ4v) is 2.24. The van der Waals surface area contributed by atoms with Crippen LogP contribution in [0.25, 0.3) is 0 Å². The number of carbonyl (C=O) groups is 1. The van der Waals surface area contributed by atoms with Crippen LogP contribution in [0.1, 0.15) is 29.6 Å². The van der Waals surface area contributed by atoms with Crippen LogP contribution in [0.3, 0.4) is 0 Å². The van der Waals surface area contributed by atoms with Crippen LogP contribution < -0.4 is 0 Å². The largest absolute Gasteiger partial charge is 0.339 e. The highest BCUT2D eigenvalue weighted by molar-refractivity contribution is 9.10. The Morgan fingerprint density at radius 3 is 2.73 bits per heavy atom. The SMILES string of the molecule is O=C(c1ccncc1Br)N1CCCCC1. The zero-order chi connectivity index (χ0) is 10.7. The molecule has 4 heteroatoms. The van der Waals surface area contributed by atoms with Crippen molar-refractivity contribution in [2.75, 3.05) is 13.1 Å². The molecule has 80 valence electrons. The van der Waals surface area contributed by atoms with Crippen molar-refractivity contribution in [2.24, 2.45) is 0 Å². The number of amides is 1. The average Bonchev–Trinajstić information content (AvgIpc) is 2.30. The summed E-state index contributed by atoms with van der Waals surface area (Å²) in [5.74, 6) is 0.115. The Morgan fingerprint density at radius 2 is 2.07 bits per heavy atom. The van der Waals surface area contributed by atoms with Gasteiger partial charge < -0.3 is 4.90 Å². The van der Waals surface area contributed by atoms with Gasteiger partial charge in [-0.05, 0) is 41.3 Å². The van der Waals surface area contributed by atoms with Gasteiger partial charge in [0.2, 0.25) is 0 Å². The van der Waals surface area contributed by atoms with E-state index < -0.39 is 0 Å². The zero-order valence-electron chi connectivity index (χ0n) is 8.45. The monoisotopic (exact) mass is 268 g/mol. The third kappa shape index (κ3) is 2.37. The number of likely N-dealkylation sites (tertiary alicyclic amines) is 1. The summed E-state index contributed by atoms with van der Waals surface area (Å²) in [6.07, 6.45) is 6.79. The molecule has 1 aliphatic heterocycles. The molecule has 1 saturated heterocycles. The highest BCUT2D eigenvalue weighted by atomic mass is 79.9. The molecule has 0 unspecified atom stereocenters. The van der Waals surface area contributed by atoms with Gasteiger partial charge in [-0.2, -0.15) is 0 Å². The van der Waals surface area contributed by atoms with E-state index >= 15 is 0 Å². The van der Waals surface area contributed by atoms with Gasteiger partial charge in [-0.15, -0.1) is 0 Å². The van der Waals surface area contributed by atoms with E-state index in [1.54, 1.807) is 18.5 Å². The maximum Gasteiger partial charge on any atom is 0.255 e.